The number of phenolic OH excluding ortho intramolecular Hbond substituents is 1. The second-order valence-electron chi connectivity index (χ2n) is 7.50. The van der Waals surface area contributed by atoms with Crippen molar-refractivity contribution < 1.29 is 9.84 Å². The summed E-state index contributed by atoms with van der Waals surface area (Å²) in [5.74, 6) is 0.646. The molecule has 1 N–H and O–H groups in total. The Morgan fingerprint density at radius 1 is 1.11 bits per heavy atom. The summed E-state index contributed by atoms with van der Waals surface area (Å²) in [5, 5.41) is 10.9. The highest BCUT2D eigenvalue weighted by atomic mass is 35.5. The molecule has 0 spiro atoms. The van der Waals surface area contributed by atoms with Crippen LogP contribution in [-0.4, -0.2) is 11.2 Å². The number of hydrogen-bond donors (Lipinski definition) is 1. The van der Waals surface area contributed by atoms with Gasteiger partial charge < -0.3 is 9.84 Å². The van der Waals surface area contributed by atoms with E-state index in [-0.39, 0.29) is 12.0 Å². The van der Waals surface area contributed by atoms with E-state index in [0.29, 0.717) is 18.8 Å². The molecule has 2 nitrogen and oxygen atoms in total. The minimum Gasteiger partial charge on any atom is -0.508 e. The molecule has 0 radical (unpaired) electrons. The summed E-state index contributed by atoms with van der Waals surface area (Å²) in [6.07, 6.45) is 3.66. The van der Waals surface area contributed by atoms with Gasteiger partial charge in [-0.05, 0) is 53.2 Å². The van der Waals surface area contributed by atoms with Gasteiger partial charge in [-0.25, -0.2) is 0 Å². The van der Waals surface area contributed by atoms with E-state index in [1.807, 2.05) is 24.3 Å². The molecule has 1 unspecified atom stereocenters. The molecule has 2 aromatic rings. The predicted molar refractivity (Wildman–Crippen MR) is 112 cm³/mol. The fourth-order valence-corrected chi connectivity index (χ4v) is 3.82. The molecule has 0 fully saturated rings. The van der Waals surface area contributed by atoms with Gasteiger partial charge in [0.05, 0.1) is 12.7 Å². The zero-order valence-corrected chi connectivity index (χ0v) is 17.0. The van der Waals surface area contributed by atoms with Gasteiger partial charge in [0.2, 0.25) is 0 Å². The molecule has 2 aromatic carbocycles. The van der Waals surface area contributed by atoms with Crippen LogP contribution in [0.5, 0.6) is 5.75 Å². The third-order valence-corrected chi connectivity index (χ3v) is 5.40. The van der Waals surface area contributed by atoms with Gasteiger partial charge in [0.1, 0.15) is 5.75 Å². The Hall–Kier alpha value is -2.03. The zero-order valence-electron chi connectivity index (χ0n) is 16.2. The van der Waals surface area contributed by atoms with Crippen molar-refractivity contribution in [3.05, 3.63) is 87.5 Å². The van der Waals surface area contributed by atoms with E-state index in [4.69, 9.17) is 16.3 Å². The number of ether oxygens (including phenoxy) is 1. The van der Waals surface area contributed by atoms with E-state index in [1.165, 1.54) is 16.7 Å². The maximum Gasteiger partial charge on any atom is 0.119 e. The average molecular weight is 383 g/mol. The van der Waals surface area contributed by atoms with Crippen molar-refractivity contribution in [3.8, 4) is 5.75 Å². The number of halogens is 1. The molecule has 0 saturated heterocycles. The first-order valence-corrected chi connectivity index (χ1v) is 9.85. The number of aromatic hydroxyl groups is 1. The van der Waals surface area contributed by atoms with Gasteiger partial charge in [0.25, 0.3) is 0 Å². The zero-order chi connectivity index (χ0) is 19.4. The Labute approximate surface area is 167 Å². The number of rotatable bonds is 6. The Balaban J connectivity index is 1.69. The first-order chi connectivity index (χ1) is 12.9. The standard InChI is InChI=1S/C24H27ClO2/c1-16(2)21-12-19(9-10-24(21)26)13-22-17(3)11-20(14-23(22)25)27-15-18-7-5-4-6-8-18/h4-12,16,20,26H,13-15H2,1-3H3. The summed E-state index contributed by atoms with van der Waals surface area (Å²) in [7, 11) is 0. The van der Waals surface area contributed by atoms with Crippen LogP contribution in [-0.2, 0) is 17.8 Å². The van der Waals surface area contributed by atoms with E-state index in [9.17, 15) is 5.11 Å². The monoisotopic (exact) mass is 382 g/mol. The van der Waals surface area contributed by atoms with Crippen LogP contribution in [0.25, 0.3) is 0 Å². The van der Waals surface area contributed by atoms with Gasteiger partial charge in [0.15, 0.2) is 0 Å². The molecule has 1 aliphatic carbocycles. The quantitative estimate of drug-likeness (QED) is 0.618. The summed E-state index contributed by atoms with van der Waals surface area (Å²) < 4.78 is 6.05. The van der Waals surface area contributed by atoms with Gasteiger partial charge in [-0.1, -0.05) is 74.0 Å². The molecule has 0 aromatic heterocycles. The summed E-state index contributed by atoms with van der Waals surface area (Å²) in [6.45, 7) is 6.86. The van der Waals surface area contributed by atoms with Gasteiger partial charge in [-0.3, -0.25) is 0 Å². The summed E-state index contributed by atoms with van der Waals surface area (Å²) in [6, 6.07) is 16.0. The van der Waals surface area contributed by atoms with Crippen LogP contribution in [0.15, 0.2) is 70.8 Å². The topological polar surface area (TPSA) is 29.5 Å². The number of allylic oxidation sites excluding steroid dienone is 2. The van der Waals surface area contributed by atoms with Crippen LogP contribution in [0.4, 0.5) is 0 Å². The molecule has 142 valence electrons. The predicted octanol–water partition coefficient (Wildman–Crippen LogP) is 6.49. The number of phenols is 1. The van der Waals surface area contributed by atoms with E-state index < -0.39 is 0 Å². The fraction of sp³-hybridized carbons (Fsp3) is 0.333. The molecule has 3 rings (SSSR count). The van der Waals surface area contributed by atoms with Gasteiger partial charge in [-0.15, -0.1) is 0 Å². The third-order valence-electron chi connectivity index (χ3n) is 5.02. The smallest absolute Gasteiger partial charge is 0.119 e. The van der Waals surface area contributed by atoms with Crippen LogP contribution in [0.2, 0.25) is 0 Å². The van der Waals surface area contributed by atoms with E-state index in [2.05, 4.69) is 45.0 Å². The van der Waals surface area contributed by atoms with Crippen LogP contribution >= 0.6 is 11.6 Å². The van der Waals surface area contributed by atoms with Crippen LogP contribution in [0.3, 0.4) is 0 Å². The average Bonchev–Trinajstić information content (AvgIpc) is 2.65. The van der Waals surface area contributed by atoms with Gasteiger partial charge in [-0.2, -0.15) is 0 Å². The molecule has 0 heterocycles. The second-order valence-corrected chi connectivity index (χ2v) is 7.95. The highest BCUT2D eigenvalue weighted by Gasteiger charge is 2.20. The SMILES string of the molecule is CC1=CC(OCc2ccccc2)CC(Cl)=C1Cc1ccc(O)c(C(C)C)c1. The van der Waals surface area contributed by atoms with Gasteiger partial charge >= 0.3 is 0 Å². The Morgan fingerprint density at radius 3 is 2.52 bits per heavy atom. The molecule has 0 saturated carbocycles. The minimum atomic E-state index is 0.00694. The summed E-state index contributed by atoms with van der Waals surface area (Å²) >= 11 is 6.65. The molecule has 0 amide bonds. The van der Waals surface area contributed by atoms with Gasteiger partial charge in [0, 0.05) is 11.5 Å². The third kappa shape index (κ3) is 5.03. The maximum absolute atomic E-state index is 10.0. The second kappa shape index (κ2) is 8.77. The lowest BCUT2D eigenvalue weighted by Gasteiger charge is -2.24. The van der Waals surface area contributed by atoms with E-state index in [0.717, 1.165) is 22.6 Å². The molecule has 0 bridgehead atoms. The van der Waals surface area contributed by atoms with Crippen molar-refractivity contribution in [1.29, 1.82) is 0 Å². The Bertz CT molecular complexity index is 850. The van der Waals surface area contributed by atoms with Crippen molar-refractivity contribution in [2.75, 3.05) is 0 Å². The largest absolute Gasteiger partial charge is 0.508 e. The van der Waals surface area contributed by atoms with Crippen molar-refractivity contribution in [2.24, 2.45) is 0 Å². The highest BCUT2D eigenvalue weighted by Crippen LogP contribution is 2.34. The first-order valence-electron chi connectivity index (χ1n) is 9.47. The van der Waals surface area contributed by atoms with Crippen molar-refractivity contribution in [3.63, 3.8) is 0 Å². The van der Waals surface area contributed by atoms with E-state index >= 15 is 0 Å². The van der Waals surface area contributed by atoms with Crippen molar-refractivity contribution in [1.82, 2.24) is 0 Å². The van der Waals surface area contributed by atoms with Crippen LogP contribution < -0.4 is 0 Å². The Morgan fingerprint density at radius 2 is 1.85 bits per heavy atom. The molecule has 3 heteroatoms. The van der Waals surface area contributed by atoms with E-state index in [1.54, 1.807) is 6.07 Å². The fourth-order valence-electron chi connectivity index (χ4n) is 3.45. The molecule has 1 aliphatic rings. The normalized spacial score (nSPS) is 17.4. The minimum absolute atomic E-state index is 0.00694. The molecular weight excluding hydrogens is 356 g/mol. The molecule has 1 atom stereocenters. The van der Waals surface area contributed by atoms with Crippen molar-refractivity contribution in [2.45, 2.75) is 52.2 Å². The first kappa shape index (κ1) is 19.7. The molecular formula is C24H27ClO2. The lowest BCUT2D eigenvalue weighted by Crippen LogP contribution is -2.16. The lowest BCUT2D eigenvalue weighted by atomic mass is 9.90. The summed E-state index contributed by atoms with van der Waals surface area (Å²) in [4.78, 5) is 0. The number of benzene rings is 2. The summed E-state index contributed by atoms with van der Waals surface area (Å²) in [5.41, 5.74) is 5.65. The van der Waals surface area contributed by atoms with Crippen LogP contribution in [0.1, 0.15) is 49.8 Å². The maximum atomic E-state index is 10.0. The number of hydrogen-bond acceptors (Lipinski definition) is 2. The Kier molecular flexibility index (Phi) is 6.41. The van der Waals surface area contributed by atoms with Crippen LogP contribution in [0, 0.1) is 0 Å². The lowest BCUT2D eigenvalue weighted by molar-refractivity contribution is 0.0717. The highest BCUT2D eigenvalue weighted by molar-refractivity contribution is 6.30. The van der Waals surface area contributed by atoms with Crippen molar-refractivity contribution >= 4 is 11.6 Å². The molecule has 0 aliphatic heterocycles. The molecule has 27 heavy (non-hydrogen) atoms.